The van der Waals surface area contributed by atoms with Crippen LogP contribution in [0.5, 0.6) is 5.75 Å². The third-order valence-electron chi connectivity index (χ3n) is 4.35. The summed E-state index contributed by atoms with van der Waals surface area (Å²) in [6.45, 7) is 0.864. The number of methoxy groups -OCH3 is 1. The van der Waals surface area contributed by atoms with Crippen LogP contribution in [0, 0.1) is 0 Å². The van der Waals surface area contributed by atoms with Crippen molar-refractivity contribution in [3.05, 3.63) is 66.7 Å². The monoisotopic (exact) mass is 428 g/mol. The summed E-state index contributed by atoms with van der Waals surface area (Å²) < 4.78 is 37.9. The van der Waals surface area contributed by atoms with Gasteiger partial charge in [0.1, 0.15) is 12.4 Å². The van der Waals surface area contributed by atoms with Crippen LogP contribution in [0.25, 0.3) is 10.8 Å². The summed E-state index contributed by atoms with van der Waals surface area (Å²) in [5.74, 6) is 0.312. The molecule has 0 saturated heterocycles. The van der Waals surface area contributed by atoms with Gasteiger partial charge in [-0.25, -0.2) is 13.1 Å². The highest BCUT2D eigenvalue weighted by molar-refractivity contribution is 7.89. The summed E-state index contributed by atoms with van der Waals surface area (Å²) in [4.78, 5) is 12.3. The van der Waals surface area contributed by atoms with E-state index in [2.05, 4.69) is 10.0 Å². The second-order valence-electron chi connectivity index (χ2n) is 6.57. The number of carbonyl (C=O) groups is 1. The number of amides is 1. The predicted molar refractivity (Wildman–Crippen MR) is 116 cm³/mol. The summed E-state index contributed by atoms with van der Waals surface area (Å²) in [6, 6.07) is 19.4. The Labute approximate surface area is 176 Å². The molecule has 0 aliphatic heterocycles. The van der Waals surface area contributed by atoms with Gasteiger partial charge in [0.05, 0.1) is 11.5 Å². The van der Waals surface area contributed by atoms with Gasteiger partial charge in [0.2, 0.25) is 15.9 Å². The van der Waals surface area contributed by atoms with Crippen molar-refractivity contribution in [2.24, 2.45) is 0 Å². The van der Waals surface area contributed by atoms with E-state index in [1.807, 2.05) is 24.3 Å². The Morgan fingerprint density at radius 2 is 1.73 bits per heavy atom. The van der Waals surface area contributed by atoms with Crippen LogP contribution in [-0.4, -0.2) is 41.2 Å². The minimum Gasteiger partial charge on any atom is -0.491 e. The number of rotatable bonds is 10. The first-order valence-corrected chi connectivity index (χ1v) is 11.0. The van der Waals surface area contributed by atoms with Crippen molar-refractivity contribution in [2.45, 2.75) is 11.3 Å². The molecule has 0 bridgehead atoms. The van der Waals surface area contributed by atoms with Crippen molar-refractivity contribution >= 4 is 32.4 Å². The normalized spacial score (nSPS) is 11.4. The van der Waals surface area contributed by atoms with E-state index in [4.69, 9.17) is 9.47 Å². The Balaban J connectivity index is 1.52. The molecule has 7 nitrogen and oxygen atoms in total. The molecule has 8 heteroatoms. The standard InChI is InChI=1S/C22H24N2O5S/c1-28-13-14-29-20-8-4-7-19(16-20)24-22(25)11-12-23-30(26,27)21-10-9-17-5-2-3-6-18(17)15-21/h2-10,15-16,23H,11-14H2,1H3,(H,24,25). The minimum atomic E-state index is -3.70. The van der Waals surface area contributed by atoms with Crippen molar-refractivity contribution < 1.29 is 22.7 Å². The van der Waals surface area contributed by atoms with Gasteiger partial charge in [0, 0.05) is 31.8 Å². The van der Waals surface area contributed by atoms with Crippen LogP contribution < -0.4 is 14.8 Å². The molecule has 0 aromatic heterocycles. The van der Waals surface area contributed by atoms with Gasteiger partial charge in [-0.3, -0.25) is 4.79 Å². The molecule has 0 fully saturated rings. The third-order valence-corrected chi connectivity index (χ3v) is 5.81. The first-order chi connectivity index (χ1) is 14.5. The van der Waals surface area contributed by atoms with Gasteiger partial charge in [0.25, 0.3) is 0 Å². The highest BCUT2D eigenvalue weighted by atomic mass is 32.2. The van der Waals surface area contributed by atoms with E-state index < -0.39 is 10.0 Å². The second kappa shape index (κ2) is 10.2. The van der Waals surface area contributed by atoms with E-state index >= 15 is 0 Å². The molecule has 0 aliphatic carbocycles. The fraction of sp³-hybridized carbons (Fsp3) is 0.227. The van der Waals surface area contributed by atoms with Crippen LogP contribution in [0.1, 0.15) is 6.42 Å². The number of sulfonamides is 1. The van der Waals surface area contributed by atoms with Crippen LogP contribution >= 0.6 is 0 Å². The van der Waals surface area contributed by atoms with Crippen molar-refractivity contribution in [2.75, 3.05) is 32.2 Å². The number of ether oxygens (including phenoxy) is 2. The number of benzene rings is 3. The molecule has 2 N–H and O–H groups in total. The first kappa shape index (κ1) is 21.8. The Morgan fingerprint density at radius 3 is 2.53 bits per heavy atom. The minimum absolute atomic E-state index is 0.00156. The fourth-order valence-electron chi connectivity index (χ4n) is 2.85. The fourth-order valence-corrected chi connectivity index (χ4v) is 3.91. The van der Waals surface area contributed by atoms with E-state index in [1.165, 1.54) is 0 Å². The topological polar surface area (TPSA) is 93.7 Å². The second-order valence-corrected chi connectivity index (χ2v) is 8.34. The molecule has 3 rings (SSSR count). The lowest BCUT2D eigenvalue weighted by Gasteiger charge is -2.10. The van der Waals surface area contributed by atoms with E-state index in [0.717, 1.165) is 10.8 Å². The van der Waals surface area contributed by atoms with E-state index in [-0.39, 0.29) is 23.8 Å². The Morgan fingerprint density at radius 1 is 0.933 bits per heavy atom. The Kier molecular flexibility index (Phi) is 7.40. The molecule has 1 amide bonds. The molecule has 3 aromatic carbocycles. The van der Waals surface area contributed by atoms with Gasteiger partial charge in [-0.15, -0.1) is 0 Å². The van der Waals surface area contributed by atoms with Crippen LogP contribution in [0.4, 0.5) is 5.69 Å². The molecule has 0 radical (unpaired) electrons. The molecule has 0 unspecified atom stereocenters. The smallest absolute Gasteiger partial charge is 0.240 e. The summed E-state index contributed by atoms with van der Waals surface area (Å²) in [5.41, 5.74) is 0.576. The highest BCUT2D eigenvalue weighted by Crippen LogP contribution is 2.19. The molecular formula is C22H24N2O5S. The SMILES string of the molecule is COCCOc1cccc(NC(=O)CCNS(=O)(=O)c2ccc3ccccc3c2)c1. The number of nitrogens with one attached hydrogen (secondary N) is 2. The average molecular weight is 429 g/mol. The van der Waals surface area contributed by atoms with Crippen LogP contribution in [0.15, 0.2) is 71.6 Å². The van der Waals surface area contributed by atoms with Gasteiger partial charge in [0.15, 0.2) is 0 Å². The van der Waals surface area contributed by atoms with Crippen LogP contribution in [-0.2, 0) is 19.6 Å². The number of carbonyl (C=O) groups excluding carboxylic acids is 1. The first-order valence-electron chi connectivity index (χ1n) is 9.48. The molecule has 0 heterocycles. The molecule has 0 aliphatic rings. The van der Waals surface area contributed by atoms with Gasteiger partial charge >= 0.3 is 0 Å². The maximum Gasteiger partial charge on any atom is 0.240 e. The predicted octanol–water partition coefficient (Wildman–Crippen LogP) is 3.17. The van der Waals surface area contributed by atoms with Crippen molar-refractivity contribution in [3.63, 3.8) is 0 Å². The molecule has 3 aromatic rings. The number of fused-ring (bicyclic) bond motifs is 1. The lowest BCUT2D eigenvalue weighted by atomic mass is 10.1. The molecule has 0 spiro atoms. The van der Waals surface area contributed by atoms with E-state index in [9.17, 15) is 13.2 Å². The van der Waals surface area contributed by atoms with Crippen LogP contribution in [0.3, 0.4) is 0 Å². The maximum absolute atomic E-state index is 12.5. The number of hydrogen-bond donors (Lipinski definition) is 2. The zero-order valence-corrected chi connectivity index (χ0v) is 17.4. The molecule has 0 saturated carbocycles. The van der Waals surface area contributed by atoms with Crippen molar-refractivity contribution in [3.8, 4) is 5.75 Å². The quantitative estimate of drug-likeness (QED) is 0.484. The maximum atomic E-state index is 12.5. The number of anilines is 1. The molecule has 158 valence electrons. The average Bonchev–Trinajstić information content (AvgIpc) is 2.74. The zero-order chi connectivity index (χ0) is 21.4. The van der Waals surface area contributed by atoms with Gasteiger partial charge in [-0.2, -0.15) is 0 Å². The molecule has 30 heavy (non-hydrogen) atoms. The van der Waals surface area contributed by atoms with Crippen molar-refractivity contribution in [1.29, 1.82) is 0 Å². The Bertz CT molecular complexity index is 1120. The summed E-state index contributed by atoms with van der Waals surface area (Å²) in [7, 11) is -2.11. The largest absolute Gasteiger partial charge is 0.491 e. The van der Waals surface area contributed by atoms with E-state index in [0.29, 0.717) is 24.7 Å². The van der Waals surface area contributed by atoms with Gasteiger partial charge in [-0.1, -0.05) is 36.4 Å². The number of hydrogen-bond acceptors (Lipinski definition) is 5. The summed E-state index contributed by atoms with van der Waals surface area (Å²) >= 11 is 0. The van der Waals surface area contributed by atoms with E-state index in [1.54, 1.807) is 49.6 Å². The summed E-state index contributed by atoms with van der Waals surface area (Å²) in [5, 5.41) is 4.54. The Hall–Kier alpha value is -2.94. The molecule has 0 atom stereocenters. The van der Waals surface area contributed by atoms with Gasteiger partial charge in [-0.05, 0) is 35.0 Å². The van der Waals surface area contributed by atoms with Gasteiger partial charge < -0.3 is 14.8 Å². The van der Waals surface area contributed by atoms with Crippen LogP contribution in [0.2, 0.25) is 0 Å². The third kappa shape index (κ3) is 6.03. The lowest BCUT2D eigenvalue weighted by Crippen LogP contribution is -2.27. The molecular weight excluding hydrogens is 404 g/mol. The highest BCUT2D eigenvalue weighted by Gasteiger charge is 2.15. The summed E-state index contributed by atoms with van der Waals surface area (Å²) in [6.07, 6.45) is 0.00156. The zero-order valence-electron chi connectivity index (χ0n) is 16.6. The van der Waals surface area contributed by atoms with Crippen molar-refractivity contribution in [1.82, 2.24) is 4.72 Å². The lowest BCUT2D eigenvalue weighted by molar-refractivity contribution is -0.116.